The van der Waals surface area contributed by atoms with E-state index in [9.17, 15) is 9.59 Å². The number of ketones is 1. The van der Waals surface area contributed by atoms with Crippen LogP contribution in [0.15, 0.2) is 34.9 Å². The first kappa shape index (κ1) is 13.8. The predicted octanol–water partition coefficient (Wildman–Crippen LogP) is 1.06. The van der Waals surface area contributed by atoms with E-state index in [0.717, 1.165) is 0 Å². The molecule has 7 heteroatoms. The number of nitrogens with one attached hydrogen (secondary N) is 1. The number of hydrazine groups is 1. The average molecular weight is 275 g/mol. The zero-order valence-corrected chi connectivity index (χ0v) is 10.8. The van der Waals surface area contributed by atoms with Gasteiger partial charge in [0.2, 0.25) is 0 Å². The molecule has 1 aromatic heterocycles. The second-order valence-electron chi connectivity index (χ2n) is 4.02. The van der Waals surface area contributed by atoms with Gasteiger partial charge in [0.15, 0.2) is 17.2 Å². The number of ether oxygens (including phenoxy) is 1. The summed E-state index contributed by atoms with van der Waals surface area (Å²) < 4.78 is 10.4. The van der Waals surface area contributed by atoms with Gasteiger partial charge in [-0.2, -0.15) is 0 Å². The fraction of sp³-hybridized carbons (Fsp3) is 0.154. The first-order valence-electron chi connectivity index (χ1n) is 5.80. The third kappa shape index (κ3) is 3.21. The van der Waals surface area contributed by atoms with Gasteiger partial charge < -0.3 is 9.26 Å². The van der Waals surface area contributed by atoms with Crippen molar-refractivity contribution in [3.8, 4) is 5.75 Å². The Morgan fingerprint density at radius 2 is 2.05 bits per heavy atom. The Labute approximate surface area is 114 Å². The lowest BCUT2D eigenvalue weighted by Crippen LogP contribution is -2.30. The number of rotatable bonds is 5. The molecular formula is C13H13N3O4. The Morgan fingerprint density at radius 1 is 1.35 bits per heavy atom. The molecule has 0 radical (unpaired) electrons. The van der Waals surface area contributed by atoms with Crippen molar-refractivity contribution in [1.29, 1.82) is 0 Å². The zero-order valence-electron chi connectivity index (χ0n) is 10.8. The van der Waals surface area contributed by atoms with Crippen molar-refractivity contribution >= 4 is 11.7 Å². The normalized spacial score (nSPS) is 10.1. The Morgan fingerprint density at radius 3 is 2.65 bits per heavy atom. The van der Waals surface area contributed by atoms with E-state index < -0.39 is 5.91 Å². The minimum absolute atomic E-state index is 0.00998. The van der Waals surface area contributed by atoms with Gasteiger partial charge in [-0.3, -0.25) is 15.0 Å². The molecule has 3 N–H and O–H groups in total. The topological polar surface area (TPSA) is 107 Å². The summed E-state index contributed by atoms with van der Waals surface area (Å²) in [6.45, 7) is 1.61. The summed E-state index contributed by atoms with van der Waals surface area (Å²) in [7, 11) is 0. The molecule has 0 fully saturated rings. The highest BCUT2D eigenvalue weighted by molar-refractivity contribution is 5.94. The van der Waals surface area contributed by atoms with Crippen LogP contribution in [0.1, 0.15) is 33.5 Å². The van der Waals surface area contributed by atoms with Crippen LogP contribution < -0.4 is 16.0 Å². The summed E-state index contributed by atoms with van der Waals surface area (Å²) in [5.74, 6) is 5.40. The van der Waals surface area contributed by atoms with Gasteiger partial charge in [-0.15, -0.1) is 0 Å². The number of carbonyl (C=O) groups is 2. The Kier molecular flexibility index (Phi) is 4.11. The number of nitrogens with two attached hydrogens (primary N) is 1. The Hall–Kier alpha value is -2.67. The van der Waals surface area contributed by atoms with E-state index in [1.165, 1.54) is 13.0 Å². The van der Waals surface area contributed by atoms with E-state index >= 15 is 0 Å². The molecule has 0 aliphatic heterocycles. The van der Waals surface area contributed by atoms with Gasteiger partial charge in [-0.1, -0.05) is 5.16 Å². The standard InChI is InChI=1S/C13H13N3O4/c1-8(17)9-2-4-10(5-3-9)19-7-11-6-12(16-20-11)13(18)15-14/h2-6H,7,14H2,1H3,(H,15,18). The Bertz CT molecular complexity index is 619. The lowest BCUT2D eigenvalue weighted by atomic mass is 10.1. The molecular weight excluding hydrogens is 262 g/mol. The van der Waals surface area contributed by atoms with Crippen molar-refractivity contribution in [2.24, 2.45) is 5.84 Å². The highest BCUT2D eigenvalue weighted by Crippen LogP contribution is 2.15. The lowest BCUT2D eigenvalue weighted by Gasteiger charge is -2.03. The maximum Gasteiger partial charge on any atom is 0.287 e. The molecule has 2 aromatic rings. The van der Waals surface area contributed by atoms with E-state index in [2.05, 4.69) is 5.16 Å². The number of aromatic nitrogens is 1. The van der Waals surface area contributed by atoms with Crippen LogP contribution in [-0.2, 0) is 6.61 Å². The number of Topliss-reactive ketones (excluding diaryl/α,β-unsaturated/α-hetero) is 1. The summed E-state index contributed by atoms with van der Waals surface area (Å²) in [6.07, 6.45) is 0. The van der Waals surface area contributed by atoms with E-state index in [-0.39, 0.29) is 18.1 Å². The van der Waals surface area contributed by atoms with Gasteiger partial charge in [0.05, 0.1) is 0 Å². The highest BCUT2D eigenvalue weighted by atomic mass is 16.5. The molecule has 20 heavy (non-hydrogen) atoms. The van der Waals surface area contributed by atoms with Gasteiger partial charge in [-0.25, -0.2) is 5.84 Å². The van der Waals surface area contributed by atoms with Crippen molar-refractivity contribution in [2.75, 3.05) is 0 Å². The SMILES string of the molecule is CC(=O)c1ccc(OCc2cc(C(=O)NN)no2)cc1. The number of hydrogen-bond donors (Lipinski definition) is 2. The molecule has 0 saturated heterocycles. The van der Waals surface area contributed by atoms with Gasteiger partial charge in [0.25, 0.3) is 5.91 Å². The van der Waals surface area contributed by atoms with Gasteiger partial charge in [0.1, 0.15) is 12.4 Å². The van der Waals surface area contributed by atoms with Crippen molar-refractivity contribution in [3.05, 3.63) is 47.3 Å². The molecule has 1 heterocycles. The molecule has 2 rings (SSSR count). The first-order valence-corrected chi connectivity index (χ1v) is 5.80. The molecule has 0 saturated carbocycles. The summed E-state index contributed by atoms with van der Waals surface area (Å²) in [5.41, 5.74) is 2.64. The van der Waals surface area contributed by atoms with Crippen molar-refractivity contribution in [2.45, 2.75) is 13.5 Å². The van der Waals surface area contributed by atoms with E-state index in [4.69, 9.17) is 15.1 Å². The zero-order chi connectivity index (χ0) is 14.5. The average Bonchev–Trinajstić information content (AvgIpc) is 2.93. The molecule has 0 atom stereocenters. The molecule has 7 nitrogen and oxygen atoms in total. The number of nitrogens with zero attached hydrogens (tertiary/aromatic N) is 1. The van der Waals surface area contributed by atoms with Crippen molar-refractivity contribution in [1.82, 2.24) is 10.6 Å². The third-order valence-corrected chi connectivity index (χ3v) is 2.56. The van der Waals surface area contributed by atoms with Crippen molar-refractivity contribution < 1.29 is 18.8 Å². The molecule has 0 aliphatic rings. The van der Waals surface area contributed by atoms with Gasteiger partial charge >= 0.3 is 0 Å². The van der Waals surface area contributed by atoms with Crippen LogP contribution in [0.5, 0.6) is 5.75 Å². The number of nitrogen functional groups attached to an aromatic ring is 1. The van der Waals surface area contributed by atoms with E-state index in [0.29, 0.717) is 17.1 Å². The van der Waals surface area contributed by atoms with Gasteiger partial charge in [0, 0.05) is 11.6 Å². The van der Waals surface area contributed by atoms with E-state index in [1.54, 1.807) is 24.3 Å². The van der Waals surface area contributed by atoms with Crippen LogP contribution in [0.3, 0.4) is 0 Å². The second kappa shape index (κ2) is 5.98. The number of amides is 1. The van der Waals surface area contributed by atoms with Crippen LogP contribution >= 0.6 is 0 Å². The summed E-state index contributed by atoms with van der Waals surface area (Å²) >= 11 is 0. The van der Waals surface area contributed by atoms with Gasteiger partial charge in [-0.05, 0) is 31.2 Å². The maximum absolute atomic E-state index is 11.2. The Balaban J connectivity index is 1.96. The molecule has 0 bridgehead atoms. The monoisotopic (exact) mass is 275 g/mol. The minimum atomic E-state index is -0.536. The minimum Gasteiger partial charge on any atom is -0.486 e. The van der Waals surface area contributed by atoms with E-state index in [1.807, 2.05) is 5.43 Å². The summed E-state index contributed by atoms with van der Waals surface area (Å²) in [4.78, 5) is 22.3. The highest BCUT2D eigenvalue weighted by Gasteiger charge is 2.11. The van der Waals surface area contributed by atoms with Crippen LogP contribution in [0.2, 0.25) is 0 Å². The molecule has 1 amide bonds. The largest absolute Gasteiger partial charge is 0.486 e. The fourth-order valence-electron chi connectivity index (χ4n) is 1.50. The molecule has 104 valence electrons. The third-order valence-electron chi connectivity index (χ3n) is 2.56. The van der Waals surface area contributed by atoms with Crippen LogP contribution in [0.25, 0.3) is 0 Å². The summed E-state index contributed by atoms with van der Waals surface area (Å²) in [6, 6.07) is 8.14. The lowest BCUT2D eigenvalue weighted by molar-refractivity contribution is 0.0943. The summed E-state index contributed by atoms with van der Waals surface area (Å²) in [5, 5.41) is 3.54. The van der Waals surface area contributed by atoms with Crippen LogP contribution in [0, 0.1) is 0 Å². The number of hydrogen-bond acceptors (Lipinski definition) is 6. The quantitative estimate of drug-likeness (QED) is 0.365. The first-order chi connectivity index (χ1) is 9.60. The molecule has 1 aromatic carbocycles. The number of carbonyl (C=O) groups excluding carboxylic acids is 2. The second-order valence-corrected chi connectivity index (χ2v) is 4.02. The molecule has 0 aliphatic carbocycles. The smallest absolute Gasteiger partial charge is 0.287 e. The number of benzene rings is 1. The van der Waals surface area contributed by atoms with Crippen LogP contribution in [0.4, 0.5) is 0 Å². The molecule has 0 spiro atoms. The maximum atomic E-state index is 11.2. The van der Waals surface area contributed by atoms with Crippen LogP contribution in [-0.4, -0.2) is 16.8 Å². The fourth-order valence-corrected chi connectivity index (χ4v) is 1.50. The van der Waals surface area contributed by atoms with Crippen molar-refractivity contribution in [3.63, 3.8) is 0 Å². The molecule has 0 unspecified atom stereocenters. The predicted molar refractivity (Wildman–Crippen MR) is 68.9 cm³/mol.